The highest BCUT2D eigenvalue weighted by Gasteiger charge is 2.12. The second kappa shape index (κ2) is 6.96. The minimum absolute atomic E-state index is 0.0857. The van der Waals surface area contributed by atoms with Crippen LogP contribution < -0.4 is 15.4 Å². The van der Waals surface area contributed by atoms with Crippen molar-refractivity contribution >= 4 is 17.4 Å². The van der Waals surface area contributed by atoms with Gasteiger partial charge in [0, 0.05) is 30.3 Å². The fraction of sp³-hybridized carbons (Fsp3) is 0.222. The molecule has 0 bridgehead atoms. The van der Waals surface area contributed by atoms with E-state index in [1.165, 1.54) is 6.92 Å². The predicted octanol–water partition coefficient (Wildman–Crippen LogP) is 2.57. The second-order valence-electron chi connectivity index (χ2n) is 5.31. The molecule has 0 saturated carbocycles. The summed E-state index contributed by atoms with van der Waals surface area (Å²) in [6.45, 7) is 3.65. The molecule has 2 aromatic carbocycles. The molecule has 2 N–H and O–H groups in total. The molecule has 0 radical (unpaired) electrons. The molecule has 0 spiro atoms. The van der Waals surface area contributed by atoms with Gasteiger partial charge in [0.05, 0.1) is 6.54 Å². The van der Waals surface area contributed by atoms with Crippen molar-refractivity contribution in [2.45, 2.75) is 13.5 Å². The first-order chi connectivity index (χ1) is 11.2. The number of amidine groups is 1. The molecule has 0 aromatic heterocycles. The van der Waals surface area contributed by atoms with Crippen LogP contribution in [-0.4, -0.2) is 24.8 Å². The Labute approximate surface area is 135 Å². The summed E-state index contributed by atoms with van der Waals surface area (Å²) in [5.41, 5.74) is 2.93. The SMILES string of the molecule is CC(=O)Nc1ccc(OCc2ccccc2C2=NCCN2)cc1. The van der Waals surface area contributed by atoms with Gasteiger partial charge in [0.25, 0.3) is 0 Å². The maximum Gasteiger partial charge on any atom is 0.221 e. The van der Waals surface area contributed by atoms with E-state index in [0.29, 0.717) is 6.61 Å². The predicted molar refractivity (Wildman–Crippen MR) is 90.9 cm³/mol. The standard InChI is InChI=1S/C18H19N3O2/c1-13(22)21-15-6-8-16(9-7-15)23-12-14-4-2-3-5-17(14)18-19-10-11-20-18/h2-9H,10-12H2,1H3,(H,19,20)(H,21,22). The number of aliphatic imine (C=N–C) groups is 1. The Balaban J connectivity index is 1.68. The maximum absolute atomic E-state index is 11.0. The zero-order valence-corrected chi connectivity index (χ0v) is 13.0. The Morgan fingerprint density at radius 3 is 2.70 bits per heavy atom. The van der Waals surface area contributed by atoms with E-state index in [-0.39, 0.29) is 5.91 Å². The molecular formula is C18H19N3O2. The summed E-state index contributed by atoms with van der Waals surface area (Å²) in [6.07, 6.45) is 0. The third-order valence-corrected chi connectivity index (χ3v) is 3.52. The number of nitrogens with zero attached hydrogens (tertiary/aromatic N) is 1. The average Bonchev–Trinajstić information content (AvgIpc) is 3.08. The van der Waals surface area contributed by atoms with Gasteiger partial charge in [-0.05, 0) is 24.3 Å². The monoisotopic (exact) mass is 309 g/mol. The molecule has 23 heavy (non-hydrogen) atoms. The van der Waals surface area contributed by atoms with Crippen LogP contribution in [-0.2, 0) is 11.4 Å². The zero-order chi connectivity index (χ0) is 16.1. The minimum Gasteiger partial charge on any atom is -0.489 e. The van der Waals surface area contributed by atoms with Crippen LogP contribution in [0.4, 0.5) is 5.69 Å². The van der Waals surface area contributed by atoms with Crippen molar-refractivity contribution in [2.24, 2.45) is 4.99 Å². The van der Waals surface area contributed by atoms with Gasteiger partial charge in [-0.25, -0.2) is 0 Å². The summed E-state index contributed by atoms with van der Waals surface area (Å²) in [5, 5.41) is 6.02. The van der Waals surface area contributed by atoms with Gasteiger partial charge in [-0.3, -0.25) is 9.79 Å². The normalized spacial score (nSPS) is 13.2. The van der Waals surface area contributed by atoms with E-state index in [1.54, 1.807) is 0 Å². The van der Waals surface area contributed by atoms with E-state index in [4.69, 9.17) is 4.74 Å². The molecule has 1 aliphatic heterocycles. The third-order valence-electron chi connectivity index (χ3n) is 3.52. The summed E-state index contributed by atoms with van der Waals surface area (Å²) in [5.74, 6) is 1.61. The Morgan fingerprint density at radius 1 is 1.22 bits per heavy atom. The Bertz CT molecular complexity index is 723. The Hall–Kier alpha value is -2.82. The first-order valence-electron chi connectivity index (χ1n) is 7.59. The summed E-state index contributed by atoms with van der Waals surface area (Å²) >= 11 is 0. The van der Waals surface area contributed by atoms with Crippen molar-refractivity contribution in [3.8, 4) is 5.75 Å². The Morgan fingerprint density at radius 2 is 2.00 bits per heavy atom. The number of amides is 1. The fourth-order valence-electron chi connectivity index (χ4n) is 2.45. The van der Waals surface area contributed by atoms with Crippen molar-refractivity contribution in [1.29, 1.82) is 0 Å². The molecule has 5 heteroatoms. The molecule has 118 valence electrons. The van der Waals surface area contributed by atoms with Gasteiger partial charge in [0.2, 0.25) is 5.91 Å². The minimum atomic E-state index is -0.0857. The van der Waals surface area contributed by atoms with Gasteiger partial charge in [-0.2, -0.15) is 0 Å². The summed E-state index contributed by atoms with van der Waals surface area (Å²) in [6, 6.07) is 15.4. The molecular weight excluding hydrogens is 290 g/mol. The van der Waals surface area contributed by atoms with Crippen LogP contribution in [0.5, 0.6) is 5.75 Å². The van der Waals surface area contributed by atoms with Gasteiger partial charge in [-0.1, -0.05) is 24.3 Å². The second-order valence-corrected chi connectivity index (χ2v) is 5.31. The molecule has 0 fully saturated rings. The third kappa shape index (κ3) is 3.88. The molecule has 0 unspecified atom stereocenters. The van der Waals surface area contributed by atoms with Gasteiger partial charge < -0.3 is 15.4 Å². The lowest BCUT2D eigenvalue weighted by Gasteiger charge is -2.12. The number of anilines is 1. The van der Waals surface area contributed by atoms with Crippen LogP contribution >= 0.6 is 0 Å². The van der Waals surface area contributed by atoms with Crippen molar-refractivity contribution in [1.82, 2.24) is 5.32 Å². The van der Waals surface area contributed by atoms with Crippen LogP contribution in [0.15, 0.2) is 53.5 Å². The molecule has 3 rings (SSSR count). The molecule has 5 nitrogen and oxygen atoms in total. The number of rotatable bonds is 5. The molecule has 0 atom stereocenters. The smallest absolute Gasteiger partial charge is 0.221 e. The lowest BCUT2D eigenvalue weighted by atomic mass is 10.1. The Kier molecular flexibility index (Phi) is 4.57. The zero-order valence-electron chi connectivity index (χ0n) is 13.0. The van der Waals surface area contributed by atoms with Gasteiger partial charge in [-0.15, -0.1) is 0 Å². The highest BCUT2D eigenvalue weighted by Crippen LogP contribution is 2.18. The van der Waals surface area contributed by atoms with Gasteiger partial charge in [0.1, 0.15) is 18.2 Å². The average molecular weight is 309 g/mol. The summed E-state index contributed by atoms with van der Waals surface area (Å²) in [4.78, 5) is 15.5. The van der Waals surface area contributed by atoms with Crippen LogP contribution in [0.1, 0.15) is 18.1 Å². The summed E-state index contributed by atoms with van der Waals surface area (Å²) < 4.78 is 5.86. The van der Waals surface area contributed by atoms with Gasteiger partial charge >= 0.3 is 0 Å². The molecule has 1 heterocycles. The van der Waals surface area contributed by atoms with Crippen LogP contribution in [0.2, 0.25) is 0 Å². The highest BCUT2D eigenvalue weighted by atomic mass is 16.5. The lowest BCUT2D eigenvalue weighted by molar-refractivity contribution is -0.114. The highest BCUT2D eigenvalue weighted by molar-refractivity contribution is 6.00. The molecule has 1 aliphatic rings. The number of carbonyl (C=O) groups is 1. The number of benzene rings is 2. The molecule has 1 amide bonds. The van der Waals surface area contributed by atoms with Gasteiger partial charge in [0.15, 0.2) is 0 Å². The number of nitrogens with one attached hydrogen (secondary N) is 2. The van der Waals surface area contributed by atoms with E-state index in [9.17, 15) is 4.79 Å². The molecule has 0 saturated heterocycles. The molecule has 2 aromatic rings. The first kappa shape index (κ1) is 15.1. The van der Waals surface area contributed by atoms with E-state index < -0.39 is 0 Å². The lowest BCUT2D eigenvalue weighted by Crippen LogP contribution is -2.21. The van der Waals surface area contributed by atoms with Crippen LogP contribution in [0.3, 0.4) is 0 Å². The van der Waals surface area contributed by atoms with Crippen LogP contribution in [0, 0.1) is 0 Å². The van der Waals surface area contributed by atoms with E-state index in [1.807, 2.05) is 42.5 Å². The molecule has 0 aliphatic carbocycles. The van der Waals surface area contributed by atoms with Crippen molar-refractivity contribution < 1.29 is 9.53 Å². The quantitative estimate of drug-likeness (QED) is 0.892. The number of hydrogen-bond donors (Lipinski definition) is 2. The number of hydrogen-bond acceptors (Lipinski definition) is 4. The van der Waals surface area contributed by atoms with Crippen molar-refractivity contribution in [3.05, 3.63) is 59.7 Å². The van der Waals surface area contributed by atoms with E-state index >= 15 is 0 Å². The topological polar surface area (TPSA) is 62.7 Å². The number of carbonyl (C=O) groups excluding carboxylic acids is 1. The first-order valence-corrected chi connectivity index (χ1v) is 7.59. The maximum atomic E-state index is 11.0. The van der Waals surface area contributed by atoms with Crippen molar-refractivity contribution in [3.63, 3.8) is 0 Å². The van der Waals surface area contributed by atoms with Crippen molar-refractivity contribution in [2.75, 3.05) is 18.4 Å². The summed E-state index contributed by atoms with van der Waals surface area (Å²) in [7, 11) is 0. The number of ether oxygens (including phenoxy) is 1. The fourth-order valence-corrected chi connectivity index (χ4v) is 2.45. The van der Waals surface area contributed by atoms with E-state index in [0.717, 1.165) is 41.5 Å². The largest absolute Gasteiger partial charge is 0.489 e. The van der Waals surface area contributed by atoms with Crippen LogP contribution in [0.25, 0.3) is 0 Å². The van der Waals surface area contributed by atoms with E-state index in [2.05, 4.69) is 21.7 Å².